The monoisotopic (exact) mass is 406 g/mol. The number of sulfonamides is 1. The highest BCUT2D eigenvalue weighted by molar-refractivity contribution is 7.98. The zero-order valence-electron chi connectivity index (χ0n) is 15.9. The van der Waals surface area contributed by atoms with Crippen molar-refractivity contribution in [1.82, 2.24) is 5.32 Å². The molecule has 7 heteroatoms. The highest BCUT2D eigenvalue weighted by atomic mass is 32.2. The molecule has 1 amide bonds. The first-order valence-corrected chi connectivity index (χ1v) is 11.8. The molecule has 0 spiro atoms. The van der Waals surface area contributed by atoms with Crippen LogP contribution < -0.4 is 9.62 Å². The summed E-state index contributed by atoms with van der Waals surface area (Å²) < 4.78 is 25.5. The maximum atomic E-state index is 12.5. The smallest absolute Gasteiger partial charge is 0.243 e. The van der Waals surface area contributed by atoms with Crippen molar-refractivity contribution < 1.29 is 13.2 Å². The number of benzene rings is 2. The first kappa shape index (κ1) is 21.3. The standard InChI is InChI=1S/C20H26N2O3S2/c1-16-9-7-8-10-18(16)15-26-14-13-21-20(23)17(2)22(27(3,24)25)19-11-5-4-6-12-19/h4-12,17H,13-15H2,1-3H3,(H,21,23). The molecule has 5 nitrogen and oxygen atoms in total. The van der Waals surface area contributed by atoms with Gasteiger partial charge in [-0.05, 0) is 37.1 Å². The molecule has 0 saturated heterocycles. The van der Waals surface area contributed by atoms with Gasteiger partial charge in [-0.15, -0.1) is 0 Å². The van der Waals surface area contributed by atoms with E-state index in [4.69, 9.17) is 0 Å². The van der Waals surface area contributed by atoms with Crippen LogP contribution in [0, 0.1) is 6.92 Å². The number of nitrogens with zero attached hydrogens (tertiary/aromatic N) is 1. The van der Waals surface area contributed by atoms with Crippen molar-refractivity contribution in [3.63, 3.8) is 0 Å². The molecule has 0 aliphatic rings. The number of aryl methyl sites for hydroxylation is 1. The number of amides is 1. The van der Waals surface area contributed by atoms with Gasteiger partial charge in [-0.25, -0.2) is 8.42 Å². The summed E-state index contributed by atoms with van der Waals surface area (Å²) in [5.74, 6) is 1.34. The molecule has 2 aromatic rings. The molecular formula is C20H26N2O3S2. The zero-order valence-corrected chi connectivity index (χ0v) is 17.5. The third-order valence-corrected chi connectivity index (χ3v) is 6.41. The lowest BCUT2D eigenvalue weighted by Crippen LogP contribution is -2.48. The molecule has 0 saturated carbocycles. The minimum atomic E-state index is -3.57. The van der Waals surface area contributed by atoms with Crippen molar-refractivity contribution in [3.8, 4) is 0 Å². The zero-order chi connectivity index (χ0) is 19.9. The number of hydrogen-bond acceptors (Lipinski definition) is 4. The third kappa shape index (κ3) is 6.29. The molecular weight excluding hydrogens is 380 g/mol. The predicted molar refractivity (Wildman–Crippen MR) is 114 cm³/mol. The van der Waals surface area contributed by atoms with Crippen LogP contribution in [-0.2, 0) is 20.6 Å². The van der Waals surface area contributed by atoms with Crippen LogP contribution >= 0.6 is 11.8 Å². The summed E-state index contributed by atoms with van der Waals surface area (Å²) >= 11 is 1.74. The Kier molecular flexibility index (Phi) is 7.74. The van der Waals surface area contributed by atoms with Gasteiger partial charge in [0.2, 0.25) is 15.9 Å². The van der Waals surface area contributed by atoms with Crippen LogP contribution in [0.1, 0.15) is 18.1 Å². The van der Waals surface area contributed by atoms with Gasteiger partial charge in [-0.3, -0.25) is 9.10 Å². The largest absolute Gasteiger partial charge is 0.353 e. The van der Waals surface area contributed by atoms with Gasteiger partial charge in [-0.1, -0.05) is 42.5 Å². The van der Waals surface area contributed by atoms with Gasteiger partial charge in [0.05, 0.1) is 11.9 Å². The van der Waals surface area contributed by atoms with E-state index in [1.807, 2.05) is 12.1 Å². The van der Waals surface area contributed by atoms with Crippen LogP contribution in [0.3, 0.4) is 0 Å². The summed E-state index contributed by atoms with van der Waals surface area (Å²) in [6, 6.07) is 16.1. The fourth-order valence-electron chi connectivity index (χ4n) is 2.73. The third-order valence-electron chi connectivity index (χ3n) is 4.16. The summed E-state index contributed by atoms with van der Waals surface area (Å²) in [7, 11) is -3.57. The first-order chi connectivity index (χ1) is 12.8. The van der Waals surface area contributed by atoms with Gasteiger partial charge in [0.25, 0.3) is 0 Å². The quantitative estimate of drug-likeness (QED) is 0.650. The van der Waals surface area contributed by atoms with Crippen molar-refractivity contribution in [3.05, 3.63) is 65.7 Å². The average Bonchev–Trinajstić information content (AvgIpc) is 2.62. The van der Waals surface area contributed by atoms with Crippen molar-refractivity contribution in [2.24, 2.45) is 0 Å². The number of thioether (sulfide) groups is 1. The van der Waals surface area contributed by atoms with Crippen molar-refractivity contribution in [2.45, 2.75) is 25.6 Å². The topological polar surface area (TPSA) is 66.5 Å². The number of anilines is 1. The summed E-state index contributed by atoms with van der Waals surface area (Å²) in [5, 5.41) is 2.84. The second-order valence-electron chi connectivity index (χ2n) is 6.34. The molecule has 0 aliphatic heterocycles. The van der Waals surface area contributed by atoms with Gasteiger partial charge in [-0.2, -0.15) is 11.8 Å². The van der Waals surface area contributed by atoms with Crippen LogP contribution in [0.5, 0.6) is 0 Å². The lowest BCUT2D eigenvalue weighted by molar-refractivity contribution is -0.121. The number of hydrogen-bond donors (Lipinski definition) is 1. The number of para-hydroxylation sites is 1. The average molecular weight is 407 g/mol. The minimum Gasteiger partial charge on any atom is -0.353 e. The number of carbonyl (C=O) groups is 1. The Morgan fingerprint density at radius 3 is 2.37 bits per heavy atom. The Bertz CT molecular complexity index is 855. The molecule has 2 rings (SSSR count). The fourth-order valence-corrected chi connectivity index (χ4v) is 4.84. The lowest BCUT2D eigenvalue weighted by atomic mass is 10.1. The normalized spacial score (nSPS) is 12.4. The molecule has 1 N–H and O–H groups in total. The summed E-state index contributed by atoms with van der Waals surface area (Å²) in [4.78, 5) is 12.5. The van der Waals surface area contributed by atoms with Crippen molar-refractivity contribution >= 4 is 33.4 Å². The summed E-state index contributed by atoms with van der Waals surface area (Å²) in [5.41, 5.74) is 3.03. The molecule has 0 fully saturated rings. The van der Waals surface area contributed by atoms with E-state index >= 15 is 0 Å². The van der Waals surface area contributed by atoms with Crippen LogP contribution in [-0.4, -0.2) is 38.9 Å². The van der Waals surface area contributed by atoms with E-state index in [0.717, 1.165) is 22.1 Å². The molecule has 146 valence electrons. The second-order valence-corrected chi connectivity index (χ2v) is 9.31. The fraction of sp³-hybridized carbons (Fsp3) is 0.350. The molecule has 2 aromatic carbocycles. The molecule has 0 aromatic heterocycles. The highest BCUT2D eigenvalue weighted by Crippen LogP contribution is 2.20. The van der Waals surface area contributed by atoms with Crippen LogP contribution in [0.4, 0.5) is 5.69 Å². The van der Waals surface area contributed by atoms with Gasteiger partial charge in [0.1, 0.15) is 6.04 Å². The Balaban J connectivity index is 1.87. The molecule has 0 heterocycles. The molecule has 0 aliphatic carbocycles. The Labute approximate surface area is 166 Å². The predicted octanol–water partition coefficient (Wildman–Crippen LogP) is 3.20. The maximum Gasteiger partial charge on any atom is 0.243 e. The van der Waals surface area contributed by atoms with Crippen LogP contribution in [0.15, 0.2) is 54.6 Å². The molecule has 0 bridgehead atoms. The van der Waals surface area contributed by atoms with E-state index in [-0.39, 0.29) is 5.91 Å². The van der Waals surface area contributed by atoms with Gasteiger partial charge in [0, 0.05) is 18.1 Å². The molecule has 0 radical (unpaired) electrons. The van der Waals surface area contributed by atoms with Gasteiger partial charge < -0.3 is 5.32 Å². The molecule has 27 heavy (non-hydrogen) atoms. The Hall–Kier alpha value is -1.99. The van der Waals surface area contributed by atoms with Crippen molar-refractivity contribution in [2.75, 3.05) is 22.9 Å². The Morgan fingerprint density at radius 2 is 1.74 bits per heavy atom. The minimum absolute atomic E-state index is 0.305. The van der Waals surface area contributed by atoms with Crippen LogP contribution in [0.25, 0.3) is 0 Å². The van der Waals surface area contributed by atoms with Crippen LogP contribution in [0.2, 0.25) is 0 Å². The molecule has 1 unspecified atom stereocenters. The summed E-state index contributed by atoms with van der Waals surface area (Å²) in [6.07, 6.45) is 1.11. The van der Waals surface area contributed by atoms with Gasteiger partial charge >= 0.3 is 0 Å². The Morgan fingerprint density at radius 1 is 1.11 bits per heavy atom. The van der Waals surface area contributed by atoms with Crippen molar-refractivity contribution in [1.29, 1.82) is 0 Å². The van der Waals surface area contributed by atoms with E-state index in [1.54, 1.807) is 49.0 Å². The van der Waals surface area contributed by atoms with Gasteiger partial charge in [0.15, 0.2) is 0 Å². The van der Waals surface area contributed by atoms with E-state index in [0.29, 0.717) is 12.2 Å². The SMILES string of the molecule is Cc1ccccc1CSCCNC(=O)C(C)N(c1ccccc1)S(C)(=O)=O. The number of carbonyl (C=O) groups excluding carboxylic acids is 1. The van der Waals surface area contributed by atoms with E-state index in [2.05, 4.69) is 24.4 Å². The second kappa shape index (κ2) is 9.80. The highest BCUT2D eigenvalue weighted by Gasteiger charge is 2.28. The van der Waals surface area contributed by atoms with E-state index in [1.165, 1.54) is 11.1 Å². The maximum absolute atomic E-state index is 12.5. The van der Waals surface area contributed by atoms with E-state index < -0.39 is 16.1 Å². The number of rotatable bonds is 9. The van der Waals surface area contributed by atoms with E-state index in [9.17, 15) is 13.2 Å². The lowest BCUT2D eigenvalue weighted by Gasteiger charge is -2.28. The molecule has 1 atom stereocenters. The number of nitrogens with one attached hydrogen (secondary N) is 1. The first-order valence-electron chi connectivity index (χ1n) is 8.75. The summed E-state index contributed by atoms with van der Waals surface area (Å²) in [6.45, 7) is 4.18.